The van der Waals surface area contributed by atoms with Crippen LogP contribution in [0.2, 0.25) is 0 Å². The van der Waals surface area contributed by atoms with Crippen molar-refractivity contribution in [2.75, 3.05) is 4.90 Å². The van der Waals surface area contributed by atoms with Crippen molar-refractivity contribution in [2.45, 2.75) is 12.3 Å². The third-order valence-corrected chi connectivity index (χ3v) is 13.9. The van der Waals surface area contributed by atoms with E-state index in [9.17, 15) is 0 Å². The highest BCUT2D eigenvalue weighted by Crippen LogP contribution is 2.56. The van der Waals surface area contributed by atoms with Gasteiger partial charge in [-0.05, 0) is 127 Å². The molecule has 2 nitrogen and oxygen atoms in total. The number of hydrogen-bond acceptors (Lipinski definition) is 2. The zero-order chi connectivity index (χ0) is 45.6. The molecule has 68 heavy (non-hydrogen) atoms. The maximum absolute atomic E-state index is 6.85. The van der Waals surface area contributed by atoms with Crippen molar-refractivity contribution in [3.05, 3.63) is 289 Å². The molecule has 0 aliphatic heterocycles. The molecule has 0 saturated heterocycles. The van der Waals surface area contributed by atoms with Gasteiger partial charge in [-0.25, -0.2) is 0 Å². The summed E-state index contributed by atoms with van der Waals surface area (Å²) in [6.07, 6.45) is 6.21. The Kier molecular flexibility index (Phi) is 10.1. The highest BCUT2D eigenvalue weighted by Gasteiger charge is 2.46. The fourth-order valence-corrected chi connectivity index (χ4v) is 10.9. The Balaban J connectivity index is 1.06. The Bertz CT molecular complexity index is 3700. The largest absolute Gasteiger partial charge is 0.455 e. The average Bonchev–Trinajstić information content (AvgIpc) is 3.92. The van der Waals surface area contributed by atoms with E-state index in [2.05, 4.69) is 267 Å². The molecule has 0 N–H and O–H groups in total. The molecule has 0 fully saturated rings. The summed E-state index contributed by atoms with van der Waals surface area (Å²) in [6, 6.07) is 85.7. The van der Waals surface area contributed by atoms with Crippen LogP contribution in [-0.2, 0) is 5.41 Å². The van der Waals surface area contributed by atoms with Crippen LogP contribution in [0.1, 0.15) is 29.2 Å². The summed E-state index contributed by atoms with van der Waals surface area (Å²) in [4.78, 5) is 2.41. The van der Waals surface area contributed by atoms with E-state index in [1.54, 1.807) is 0 Å². The van der Waals surface area contributed by atoms with Gasteiger partial charge >= 0.3 is 0 Å². The van der Waals surface area contributed by atoms with E-state index in [0.717, 1.165) is 61.3 Å². The van der Waals surface area contributed by atoms with E-state index in [0.29, 0.717) is 0 Å². The molecule has 1 aliphatic carbocycles. The van der Waals surface area contributed by atoms with Gasteiger partial charge in [0.15, 0.2) is 0 Å². The van der Waals surface area contributed by atoms with Crippen LogP contribution in [0.4, 0.5) is 17.1 Å². The van der Waals surface area contributed by atoms with Crippen molar-refractivity contribution in [3.8, 4) is 33.4 Å². The molecule has 0 radical (unpaired) electrons. The number of rotatable bonds is 10. The highest BCUT2D eigenvalue weighted by molar-refractivity contribution is 6.17. The Hall–Kier alpha value is -8.72. The monoisotopic (exact) mass is 869 g/mol. The van der Waals surface area contributed by atoms with Crippen LogP contribution in [0, 0.1) is 0 Å². The first-order valence-electron chi connectivity index (χ1n) is 23.4. The second-order valence-corrected chi connectivity index (χ2v) is 17.6. The Labute approximate surface area is 397 Å². The van der Waals surface area contributed by atoms with Gasteiger partial charge in [-0.1, -0.05) is 213 Å². The summed E-state index contributed by atoms with van der Waals surface area (Å²) in [5.74, 6) is 0. The van der Waals surface area contributed by atoms with Crippen LogP contribution in [0.15, 0.2) is 271 Å². The molecule has 0 bridgehead atoms. The summed E-state index contributed by atoms with van der Waals surface area (Å²) < 4.78 is 6.85. The zero-order valence-electron chi connectivity index (χ0n) is 37.8. The van der Waals surface area contributed by atoms with E-state index in [-0.39, 0.29) is 0 Å². The number of hydrogen-bond donors (Lipinski definition) is 0. The van der Waals surface area contributed by atoms with Crippen molar-refractivity contribution in [1.82, 2.24) is 0 Å². The number of nitrogens with zero attached hydrogens (tertiary/aromatic N) is 1. The van der Waals surface area contributed by atoms with Crippen molar-refractivity contribution in [2.24, 2.45) is 0 Å². The first-order valence-corrected chi connectivity index (χ1v) is 23.4. The second-order valence-electron chi connectivity index (χ2n) is 17.6. The van der Waals surface area contributed by atoms with Gasteiger partial charge in [-0.3, -0.25) is 0 Å². The van der Waals surface area contributed by atoms with Gasteiger partial charge in [0, 0.05) is 22.3 Å². The fraction of sp³-hybridized carbons (Fsp3) is 0.0303. The minimum Gasteiger partial charge on any atom is -0.455 e. The van der Waals surface area contributed by atoms with E-state index in [4.69, 9.17) is 4.42 Å². The molecule has 2 heteroatoms. The number of allylic oxidation sites excluding steroid dienone is 5. The maximum Gasteiger partial charge on any atom is 0.145 e. The number of furan rings is 1. The molecular formula is C66H47NO. The molecule has 322 valence electrons. The summed E-state index contributed by atoms with van der Waals surface area (Å²) in [5.41, 5.74) is 18.6. The van der Waals surface area contributed by atoms with Crippen LogP contribution in [-0.4, -0.2) is 0 Å². The predicted molar refractivity (Wildman–Crippen MR) is 287 cm³/mol. The molecule has 1 heterocycles. The van der Waals surface area contributed by atoms with Crippen molar-refractivity contribution < 1.29 is 4.42 Å². The quantitative estimate of drug-likeness (QED) is 0.127. The predicted octanol–water partition coefficient (Wildman–Crippen LogP) is 18.1. The smallest absolute Gasteiger partial charge is 0.145 e. The van der Waals surface area contributed by atoms with Crippen LogP contribution in [0.3, 0.4) is 0 Å². The van der Waals surface area contributed by atoms with E-state index < -0.39 is 5.41 Å². The van der Waals surface area contributed by atoms with Gasteiger partial charge < -0.3 is 9.32 Å². The third-order valence-electron chi connectivity index (χ3n) is 13.9. The molecular weight excluding hydrogens is 823 g/mol. The summed E-state index contributed by atoms with van der Waals surface area (Å²) in [6.45, 7) is 6.33. The third kappa shape index (κ3) is 6.64. The molecule has 10 aromatic carbocycles. The van der Waals surface area contributed by atoms with Gasteiger partial charge in [0.2, 0.25) is 0 Å². The summed E-state index contributed by atoms with van der Waals surface area (Å²) in [7, 11) is 0. The van der Waals surface area contributed by atoms with Crippen LogP contribution >= 0.6 is 0 Å². The lowest BCUT2D eigenvalue weighted by Gasteiger charge is -2.35. The molecule has 11 aromatic rings. The van der Waals surface area contributed by atoms with E-state index >= 15 is 0 Å². The lowest BCUT2D eigenvalue weighted by Crippen LogP contribution is -2.29. The van der Waals surface area contributed by atoms with Gasteiger partial charge in [0.05, 0.1) is 16.5 Å². The molecule has 0 atom stereocenters. The summed E-state index contributed by atoms with van der Waals surface area (Å²) >= 11 is 0. The Morgan fingerprint density at radius 2 is 1.06 bits per heavy atom. The number of benzene rings is 10. The standard InChI is InChI=1S/C66H47NO/c1-3-4-33-60-45(2)55-40-37-50(44-61(55)66(60,51-25-10-6-11-26-51)52-27-12-7-13-28-52)49-24-18-29-54(43-49)67(53-38-35-48(36-39-53)57-32-19-23-46-22-14-15-30-56(46)57)62-42-41-58(47-20-8-5-9-21-47)65-64(62)59-31-16-17-34-63(59)68-65/h3-44H,1H2,2H3/b33-4-. The molecule has 0 spiro atoms. The van der Waals surface area contributed by atoms with Gasteiger partial charge in [0.1, 0.15) is 11.2 Å². The van der Waals surface area contributed by atoms with Crippen LogP contribution in [0.25, 0.3) is 71.7 Å². The minimum atomic E-state index is -0.540. The molecule has 1 aliphatic rings. The average molecular weight is 870 g/mol. The van der Waals surface area contributed by atoms with Crippen LogP contribution in [0.5, 0.6) is 0 Å². The van der Waals surface area contributed by atoms with E-state index in [1.165, 1.54) is 55.3 Å². The SMILES string of the molecule is C=C/C=C\C1=C(C)c2ccc(-c3cccc(N(c4ccc(-c5cccc6ccccc56)cc4)c4ccc(-c5ccccc5)c5oc6ccccc6c45)c3)cc2C1(c1ccccc1)c1ccccc1. The molecule has 0 saturated carbocycles. The van der Waals surface area contributed by atoms with E-state index in [1.807, 2.05) is 6.08 Å². The lowest BCUT2D eigenvalue weighted by atomic mass is 9.66. The van der Waals surface area contributed by atoms with Crippen molar-refractivity contribution in [1.29, 1.82) is 0 Å². The Morgan fingerprint density at radius 1 is 0.471 bits per heavy atom. The molecule has 12 rings (SSSR count). The number of para-hydroxylation sites is 1. The Morgan fingerprint density at radius 3 is 1.81 bits per heavy atom. The summed E-state index contributed by atoms with van der Waals surface area (Å²) in [5, 5.41) is 4.61. The first-order chi connectivity index (χ1) is 33.6. The molecule has 1 aromatic heterocycles. The normalized spacial score (nSPS) is 13.1. The first kappa shape index (κ1) is 40.8. The number of fused-ring (bicyclic) bond motifs is 5. The minimum absolute atomic E-state index is 0.540. The lowest BCUT2D eigenvalue weighted by molar-refractivity contribution is 0.670. The maximum atomic E-state index is 6.85. The highest BCUT2D eigenvalue weighted by atomic mass is 16.3. The van der Waals surface area contributed by atoms with Crippen molar-refractivity contribution >= 4 is 55.3 Å². The van der Waals surface area contributed by atoms with Gasteiger partial charge in [-0.2, -0.15) is 0 Å². The molecule has 0 unspecified atom stereocenters. The van der Waals surface area contributed by atoms with Crippen molar-refractivity contribution in [3.63, 3.8) is 0 Å². The number of anilines is 3. The topological polar surface area (TPSA) is 16.4 Å². The molecule has 0 amide bonds. The second kappa shape index (κ2) is 16.9. The van der Waals surface area contributed by atoms with Gasteiger partial charge in [0.25, 0.3) is 0 Å². The zero-order valence-corrected chi connectivity index (χ0v) is 37.8. The fourth-order valence-electron chi connectivity index (χ4n) is 10.9. The van der Waals surface area contributed by atoms with Gasteiger partial charge in [-0.15, -0.1) is 0 Å². The van der Waals surface area contributed by atoms with Crippen LogP contribution < -0.4 is 4.90 Å².